The number of halogens is 1. The third kappa shape index (κ3) is 3.32. The lowest BCUT2D eigenvalue weighted by Gasteiger charge is -2.44. The van der Waals surface area contributed by atoms with Gasteiger partial charge in [0.2, 0.25) is 5.91 Å². The number of carbonyl (C=O) groups excluding carboxylic acids is 2. The molecular weight excluding hydrogens is 362 g/mol. The van der Waals surface area contributed by atoms with Crippen molar-refractivity contribution < 1.29 is 9.59 Å². The highest BCUT2D eigenvalue weighted by Crippen LogP contribution is 2.39. The van der Waals surface area contributed by atoms with Crippen LogP contribution in [0.15, 0.2) is 48.8 Å². The van der Waals surface area contributed by atoms with Crippen LogP contribution in [0.2, 0.25) is 5.02 Å². The third-order valence-corrected chi connectivity index (χ3v) is 5.81. The first kappa shape index (κ1) is 18.0. The Hall–Kier alpha value is -2.40. The third-order valence-electron chi connectivity index (χ3n) is 5.61. The number of amides is 2. The first-order valence-corrected chi connectivity index (χ1v) is 9.74. The smallest absolute Gasteiger partial charge is 0.256 e. The van der Waals surface area contributed by atoms with Gasteiger partial charge in [-0.1, -0.05) is 41.9 Å². The number of benzene rings is 1. The predicted molar refractivity (Wildman–Crippen MR) is 103 cm³/mol. The van der Waals surface area contributed by atoms with Crippen LogP contribution in [-0.4, -0.2) is 45.2 Å². The molecule has 140 valence electrons. The molecule has 1 unspecified atom stereocenters. The van der Waals surface area contributed by atoms with Gasteiger partial charge >= 0.3 is 0 Å². The summed E-state index contributed by atoms with van der Waals surface area (Å²) in [6.07, 6.45) is 6.20. The quantitative estimate of drug-likeness (QED) is 0.814. The Bertz CT molecular complexity index is 858. The van der Waals surface area contributed by atoms with Crippen LogP contribution in [0.25, 0.3) is 0 Å². The van der Waals surface area contributed by atoms with Gasteiger partial charge in [-0.15, -0.1) is 0 Å². The molecular formula is C21H22ClN3O2. The van der Waals surface area contributed by atoms with Crippen molar-refractivity contribution in [3.63, 3.8) is 0 Å². The van der Waals surface area contributed by atoms with Crippen LogP contribution in [0.3, 0.4) is 0 Å². The normalized spacial score (nSPS) is 22.5. The van der Waals surface area contributed by atoms with E-state index in [-0.39, 0.29) is 11.8 Å². The largest absolute Gasteiger partial charge is 0.336 e. The molecule has 0 N–H and O–H groups in total. The number of likely N-dealkylation sites (tertiary alicyclic amines) is 2. The van der Waals surface area contributed by atoms with Crippen LogP contribution < -0.4 is 0 Å². The fourth-order valence-electron chi connectivity index (χ4n) is 4.36. The van der Waals surface area contributed by atoms with Crippen molar-refractivity contribution in [2.75, 3.05) is 13.1 Å². The zero-order valence-corrected chi connectivity index (χ0v) is 15.9. The first-order chi connectivity index (χ1) is 13.1. The Morgan fingerprint density at radius 3 is 2.59 bits per heavy atom. The van der Waals surface area contributed by atoms with Gasteiger partial charge in [0.05, 0.1) is 10.6 Å². The molecule has 2 aromatic rings. The van der Waals surface area contributed by atoms with Crippen LogP contribution in [0.1, 0.15) is 41.6 Å². The van der Waals surface area contributed by atoms with Crippen molar-refractivity contribution in [2.24, 2.45) is 0 Å². The summed E-state index contributed by atoms with van der Waals surface area (Å²) in [5, 5.41) is 0.426. The second-order valence-electron chi connectivity index (χ2n) is 7.30. The van der Waals surface area contributed by atoms with Crippen molar-refractivity contribution in [1.82, 2.24) is 14.8 Å². The van der Waals surface area contributed by atoms with E-state index in [1.54, 1.807) is 11.0 Å². The Morgan fingerprint density at radius 1 is 1.11 bits per heavy atom. The summed E-state index contributed by atoms with van der Waals surface area (Å²) >= 11 is 6.01. The highest BCUT2D eigenvalue weighted by Gasteiger charge is 2.52. The van der Waals surface area contributed by atoms with E-state index < -0.39 is 5.54 Å². The summed E-state index contributed by atoms with van der Waals surface area (Å²) in [6.45, 7) is 1.91. The topological polar surface area (TPSA) is 53.5 Å². The molecule has 6 heteroatoms. The number of nitrogens with zero attached hydrogens (tertiary/aromatic N) is 3. The average Bonchev–Trinajstić information content (AvgIpc) is 3.10. The number of rotatable bonds is 3. The number of hydrogen-bond acceptors (Lipinski definition) is 3. The predicted octanol–water partition coefficient (Wildman–Crippen LogP) is 3.53. The summed E-state index contributed by atoms with van der Waals surface area (Å²) < 4.78 is 0. The van der Waals surface area contributed by atoms with E-state index >= 15 is 0 Å². The van der Waals surface area contributed by atoms with E-state index in [0.717, 1.165) is 37.8 Å². The molecule has 2 aliphatic heterocycles. The Labute approximate surface area is 163 Å². The van der Waals surface area contributed by atoms with Gasteiger partial charge in [-0.05, 0) is 37.3 Å². The Balaban J connectivity index is 1.60. The van der Waals surface area contributed by atoms with E-state index in [2.05, 4.69) is 4.98 Å². The molecule has 4 rings (SSSR count). The zero-order chi connectivity index (χ0) is 18.9. The van der Waals surface area contributed by atoms with E-state index in [0.29, 0.717) is 23.7 Å². The molecule has 3 heterocycles. The summed E-state index contributed by atoms with van der Waals surface area (Å²) in [5.74, 6) is -0.0872. The number of pyridine rings is 1. The van der Waals surface area contributed by atoms with Gasteiger partial charge in [0.1, 0.15) is 5.54 Å². The first-order valence-electron chi connectivity index (χ1n) is 9.36. The average molecular weight is 384 g/mol. The maximum atomic E-state index is 13.5. The van der Waals surface area contributed by atoms with Crippen LogP contribution in [-0.2, 0) is 11.3 Å². The van der Waals surface area contributed by atoms with Crippen molar-refractivity contribution in [3.8, 4) is 0 Å². The molecule has 1 aromatic heterocycles. The maximum absolute atomic E-state index is 13.5. The minimum atomic E-state index is -0.730. The monoisotopic (exact) mass is 383 g/mol. The highest BCUT2D eigenvalue weighted by molar-refractivity contribution is 6.30. The second kappa shape index (κ2) is 7.31. The summed E-state index contributed by atoms with van der Waals surface area (Å²) in [7, 11) is 0. The van der Waals surface area contributed by atoms with Gasteiger partial charge in [-0.25, -0.2) is 0 Å². The molecule has 0 radical (unpaired) electrons. The molecule has 27 heavy (non-hydrogen) atoms. The molecule has 1 spiro atoms. The fraction of sp³-hybridized carbons (Fsp3) is 0.381. The summed E-state index contributed by atoms with van der Waals surface area (Å²) in [4.78, 5) is 34.3. The second-order valence-corrected chi connectivity index (χ2v) is 7.74. The van der Waals surface area contributed by atoms with E-state index in [1.165, 1.54) is 12.4 Å². The standard InChI is InChI=1S/C21H22ClN3O2/c22-18-12-17(13-23-14-18)19(26)25-11-5-9-21(25)8-4-10-24(20(21)27)15-16-6-2-1-3-7-16/h1-3,6-7,12-14H,4-5,8-11,15H2. The van der Waals surface area contributed by atoms with Crippen LogP contribution in [0.4, 0.5) is 0 Å². The van der Waals surface area contributed by atoms with Crippen LogP contribution in [0, 0.1) is 0 Å². The Kier molecular flexibility index (Phi) is 4.87. The van der Waals surface area contributed by atoms with Crippen molar-refractivity contribution in [3.05, 3.63) is 64.9 Å². The molecule has 2 saturated heterocycles. The van der Waals surface area contributed by atoms with Gasteiger partial charge in [-0.3, -0.25) is 14.6 Å². The fourth-order valence-corrected chi connectivity index (χ4v) is 4.54. The molecule has 2 fully saturated rings. The maximum Gasteiger partial charge on any atom is 0.256 e. The van der Waals surface area contributed by atoms with Crippen molar-refractivity contribution >= 4 is 23.4 Å². The molecule has 2 amide bonds. The number of piperidine rings is 1. The molecule has 0 aliphatic carbocycles. The van der Waals surface area contributed by atoms with Gasteiger partial charge in [-0.2, -0.15) is 0 Å². The van der Waals surface area contributed by atoms with Gasteiger partial charge < -0.3 is 9.80 Å². The summed E-state index contributed by atoms with van der Waals surface area (Å²) in [5.41, 5.74) is 0.821. The minimum Gasteiger partial charge on any atom is -0.336 e. The molecule has 0 saturated carbocycles. The minimum absolute atomic E-state index is 0.0680. The van der Waals surface area contributed by atoms with Crippen LogP contribution >= 0.6 is 11.6 Å². The molecule has 2 aliphatic rings. The number of carbonyl (C=O) groups is 2. The Morgan fingerprint density at radius 2 is 1.85 bits per heavy atom. The summed E-state index contributed by atoms with van der Waals surface area (Å²) in [6, 6.07) is 11.6. The molecule has 0 bridgehead atoms. The molecule has 1 atom stereocenters. The van der Waals surface area contributed by atoms with Crippen molar-refractivity contribution in [1.29, 1.82) is 0 Å². The van der Waals surface area contributed by atoms with Gasteiger partial charge in [0.15, 0.2) is 0 Å². The zero-order valence-electron chi connectivity index (χ0n) is 15.1. The SMILES string of the molecule is O=C(c1cncc(Cl)c1)N1CCCC12CCCN(Cc1ccccc1)C2=O. The van der Waals surface area contributed by atoms with E-state index in [1.807, 2.05) is 35.2 Å². The van der Waals surface area contributed by atoms with Gasteiger partial charge in [0, 0.05) is 32.0 Å². The van der Waals surface area contributed by atoms with E-state index in [4.69, 9.17) is 11.6 Å². The lowest BCUT2D eigenvalue weighted by Crippen LogP contribution is -2.61. The number of aromatic nitrogens is 1. The molecule has 5 nitrogen and oxygen atoms in total. The lowest BCUT2D eigenvalue weighted by molar-refractivity contribution is -0.146. The highest BCUT2D eigenvalue weighted by atomic mass is 35.5. The van der Waals surface area contributed by atoms with E-state index in [9.17, 15) is 9.59 Å². The van der Waals surface area contributed by atoms with Crippen LogP contribution in [0.5, 0.6) is 0 Å². The van der Waals surface area contributed by atoms with Crippen molar-refractivity contribution in [2.45, 2.75) is 37.8 Å². The lowest BCUT2D eigenvalue weighted by atomic mass is 9.85. The van der Waals surface area contributed by atoms with Gasteiger partial charge in [0.25, 0.3) is 5.91 Å². The molecule has 1 aromatic carbocycles. The number of hydrogen-bond donors (Lipinski definition) is 0.